The smallest absolute Gasteiger partial charge is 0.414 e. The number of rotatable bonds is 6. The molecule has 140 valence electrons. The molecule has 1 saturated heterocycles. The molecule has 7 nitrogen and oxygen atoms in total. The van der Waals surface area contributed by atoms with E-state index in [1.807, 2.05) is 13.8 Å². The van der Waals surface area contributed by atoms with E-state index in [1.165, 1.54) is 7.11 Å². The van der Waals surface area contributed by atoms with Crippen LogP contribution in [-0.4, -0.2) is 62.7 Å². The van der Waals surface area contributed by atoms with Crippen LogP contribution >= 0.6 is 15.9 Å². The van der Waals surface area contributed by atoms with Crippen molar-refractivity contribution in [1.29, 1.82) is 0 Å². The standard InChI is InChI=1S/C17H24BrNO6/c1-5-24-14-13(22-3)10(2)25-16(15(14)23-4)19(17(20)21)12-8-6-11(18)7-9-12/h6-10,13-16H,5H2,1-4H3,(H,20,21)/t10-,13-,14+,15+,16-/m1/s1. The summed E-state index contributed by atoms with van der Waals surface area (Å²) in [6.07, 6.45) is -3.81. The molecule has 0 radical (unpaired) electrons. The summed E-state index contributed by atoms with van der Waals surface area (Å²) >= 11 is 3.35. The van der Waals surface area contributed by atoms with Crippen molar-refractivity contribution in [2.75, 3.05) is 25.7 Å². The summed E-state index contributed by atoms with van der Waals surface area (Å²) in [5, 5.41) is 9.79. The van der Waals surface area contributed by atoms with Gasteiger partial charge in [0.05, 0.1) is 6.10 Å². The Morgan fingerprint density at radius 2 is 1.80 bits per heavy atom. The van der Waals surface area contributed by atoms with Crippen LogP contribution in [0.5, 0.6) is 0 Å². The van der Waals surface area contributed by atoms with Crippen LogP contribution in [0, 0.1) is 0 Å². The minimum atomic E-state index is -1.13. The summed E-state index contributed by atoms with van der Waals surface area (Å²) < 4.78 is 23.7. The fourth-order valence-electron chi connectivity index (χ4n) is 3.13. The molecule has 1 aromatic carbocycles. The van der Waals surface area contributed by atoms with Gasteiger partial charge in [-0.2, -0.15) is 0 Å². The molecule has 0 aliphatic carbocycles. The molecule has 1 fully saturated rings. The Morgan fingerprint density at radius 1 is 1.20 bits per heavy atom. The zero-order valence-corrected chi connectivity index (χ0v) is 16.3. The van der Waals surface area contributed by atoms with E-state index >= 15 is 0 Å². The van der Waals surface area contributed by atoms with Gasteiger partial charge in [0.1, 0.15) is 18.3 Å². The number of hydrogen-bond donors (Lipinski definition) is 1. The van der Waals surface area contributed by atoms with Crippen LogP contribution < -0.4 is 4.90 Å². The molecule has 25 heavy (non-hydrogen) atoms. The summed E-state index contributed by atoms with van der Waals surface area (Å²) in [6, 6.07) is 6.96. The van der Waals surface area contributed by atoms with Gasteiger partial charge in [0.2, 0.25) is 0 Å². The lowest BCUT2D eigenvalue weighted by atomic mass is 9.97. The minimum absolute atomic E-state index is 0.360. The van der Waals surface area contributed by atoms with E-state index in [1.54, 1.807) is 31.4 Å². The minimum Gasteiger partial charge on any atom is -0.465 e. The Kier molecular flexibility index (Phi) is 7.21. The highest BCUT2D eigenvalue weighted by Crippen LogP contribution is 2.32. The second kappa shape index (κ2) is 8.95. The molecule has 1 aliphatic rings. The first-order chi connectivity index (χ1) is 11.9. The number of methoxy groups -OCH3 is 2. The Morgan fingerprint density at radius 3 is 2.28 bits per heavy atom. The van der Waals surface area contributed by atoms with Gasteiger partial charge in [-0.15, -0.1) is 0 Å². The SMILES string of the molecule is CCO[C@@H]1[C@H](OC)[C@H](N(C(=O)O)c2ccc(Br)cc2)O[C@H](C)[C@H]1OC. The molecule has 0 saturated carbocycles. The molecule has 2 rings (SSSR count). The number of anilines is 1. The average molecular weight is 418 g/mol. The number of benzene rings is 1. The summed E-state index contributed by atoms with van der Waals surface area (Å²) in [5.41, 5.74) is 0.487. The third kappa shape index (κ3) is 4.32. The van der Waals surface area contributed by atoms with Crippen LogP contribution in [0.4, 0.5) is 10.5 Å². The van der Waals surface area contributed by atoms with Crippen molar-refractivity contribution in [3.05, 3.63) is 28.7 Å². The Hall–Kier alpha value is -1.19. The molecule has 0 unspecified atom stereocenters. The summed E-state index contributed by atoms with van der Waals surface area (Å²) in [4.78, 5) is 13.1. The van der Waals surface area contributed by atoms with Gasteiger partial charge in [-0.05, 0) is 38.1 Å². The molecule has 1 aliphatic heterocycles. The fraction of sp³-hybridized carbons (Fsp3) is 0.588. The van der Waals surface area contributed by atoms with Gasteiger partial charge in [-0.3, -0.25) is 0 Å². The first-order valence-corrected chi connectivity index (χ1v) is 8.84. The molecule has 1 heterocycles. The van der Waals surface area contributed by atoms with Crippen molar-refractivity contribution in [1.82, 2.24) is 0 Å². The topological polar surface area (TPSA) is 77.5 Å². The number of ether oxygens (including phenoxy) is 4. The lowest BCUT2D eigenvalue weighted by Crippen LogP contribution is -2.64. The van der Waals surface area contributed by atoms with Crippen LogP contribution in [0.1, 0.15) is 13.8 Å². The number of carbonyl (C=O) groups is 1. The van der Waals surface area contributed by atoms with E-state index in [4.69, 9.17) is 18.9 Å². The summed E-state index contributed by atoms with van der Waals surface area (Å²) in [6.45, 7) is 4.16. The van der Waals surface area contributed by atoms with Crippen LogP contribution in [0.15, 0.2) is 28.7 Å². The molecule has 8 heteroatoms. The van der Waals surface area contributed by atoms with Gasteiger partial charge in [0.25, 0.3) is 0 Å². The van der Waals surface area contributed by atoms with E-state index in [-0.39, 0.29) is 12.2 Å². The fourth-order valence-corrected chi connectivity index (χ4v) is 3.39. The molecule has 1 N–H and O–H groups in total. The predicted octanol–water partition coefficient (Wildman–Crippen LogP) is 3.11. The highest BCUT2D eigenvalue weighted by Gasteiger charge is 2.49. The average Bonchev–Trinajstić information content (AvgIpc) is 2.57. The Labute approximate surface area is 155 Å². The normalized spacial score (nSPS) is 29.4. The molecular weight excluding hydrogens is 394 g/mol. The van der Waals surface area contributed by atoms with Gasteiger partial charge < -0.3 is 24.1 Å². The third-order valence-corrected chi connectivity index (χ3v) is 4.74. The van der Waals surface area contributed by atoms with Gasteiger partial charge >= 0.3 is 6.09 Å². The van der Waals surface area contributed by atoms with Gasteiger partial charge in [0.15, 0.2) is 6.23 Å². The van der Waals surface area contributed by atoms with Gasteiger partial charge in [-0.25, -0.2) is 9.69 Å². The van der Waals surface area contributed by atoms with Crippen LogP contribution in [-0.2, 0) is 18.9 Å². The molecule has 0 bridgehead atoms. The van der Waals surface area contributed by atoms with Crippen molar-refractivity contribution in [2.24, 2.45) is 0 Å². The molecule has 0 spiro atoms. The number of nitrogens with zero attached hydrogens (tertiary/aromatic N) is 1. The maximum atomic E-state index is 12.0. The van der Waals surface area contributed by atoms with Crippen molar-refractivity contribution in [2.45, 2.75) is 44.5 Å². The predicted molar refractivity (Wildman–Crippen MR) is 96.0 cm³/mol. The zero-order valence-electron chi connectivity index (χ0n) is 14.7. The van der Waals surface area contributed by atoms with E-state index in [0.717, 1.165) is 9.37 Å². The maximum absolute atomic E-state index is 12.0. The molecular formula is C17H24BrNO6. The maximum Gasteiger partial charge on any atom is 0.414 e. The van der Waals surface area contributed by atoms with Crippen LogP contribution in [0.3, 0.4) is 0 Å². The lowest BCUT2D eigenvalue weighted by molar-refractivity contribution is -0.241. The van der Waals surface area contributed by atoms with E-state index in [0.29, 0.717) is 12.3 Å². The number of carboxylic acid groups (broad SMARTS) is 1. The van der Waals surface area contributed by atoms with Gasteiger partial charge in [0, 0.05) is 31.0 Å². The van der Waals surface area contributed by atoms with Crippen molar-refractivity contribution in [3.63, 3.8) is 0 Å². The van der Waals surface area contributed by atoms with Crippen molar-refractivity contribution >= 4 is 27.7 Å². The first kappa shape index (κ1) is 20.1. The first-order valence-electron chi connectivity index (χ1n) is 8.04. The Bertz CT molecular complexity index is 569. The van der Waals surface area contributed by atoms with Crippen LogP contribution in [0.2, 0.25) is 0 Å². The van der Waals surface area contributed by atoms with Gasteiger partial charge in [-0.1, -0.05) is 15.9 Å². The number of amides is 1. The number of halogens is 1. The molecule has 1 aromatic rings. The second-order valence-corrected chi connectivity index (χ2v) is 6.60. The molecule has 5 atom stereocenters. The lowest BCUT2D eigenvalue weighted by Gasteiger charge is -2.47. The Balaban J connectivity index is 2.41. The van der Waals surface area contributed by atoms with E-state index in [9.17, 15) is 9.90 Å². The quantitative estimate of drug-likeness (QED) is 0.765. The second-order valence-electron chi connectivity index (χ2n) is 5.68. The molecule has 1 amide bonds. The largest absolute Gasteiger partial charge is 0.465 e. The zero-order chi connectivity index (χ0) is 18.6. The van der Waals surface area contributed by atoms with Crippen LogP contribution in [0.25, 0.3) is 0 Å². The highest BCUT2D eigenvalue weighted by atomic mass is 79.9. The third-order valence-electron chi connectivity index (χ3n) is 4.21. The number of hydrogen-bond acceptors (Lipinski definition) is 5. The summed E-state index contributed by atoms with van der Waals surface area (Å²) in [5.74, 6) is 0. The summed E-state index contributed by atoms with van der Waals surface area (Å²) in [7, 11) is 3.09. The van der Waals surface area contributed by atoms with Crippen molar-refractivity contribution < 1.29 is 28.8 Å². The van der Waals surface area contributed by atoms with E-state index in [2.05, 4.69) is 15.9 Å². The van der Waals surface area contributed by atoms with E-state index < -0.39 is 24.5 Å². The monoisotopic (exact) mass is 417 g/mol. The van der Waals surface area contributed by atoms with Crippen molar-refractivity contribution in [3.8, 4) is 0 Å². The molecule has 0 aromatic heterocycles. The highest BCUT2D eigenvalue weighted by molar-refractivity contribution is 9.10.